The summed E-state index contributed by atoms with van der Waals surface area (Å²) >= 11 is 0. The summed E-state index contributed by atoms with van der Waals surface area (Å²) in [6, 6.07) is 43.4. The molecule has 0 saturated carbocycles. The Morgan fingerprint density at radius 1 is 0.674 bits per heavy atom. The number of furan rings is 1. The molecule has 0 aliphatic carbocycles. The summed E-state index contributed by atoms with van der Waals surface area (Å²) in [7, 11) is 0. The standard InChI is InChI=1S/C39H26N4O3/c1-25-14-16-26(17-15-25)31-20-21-36(33-13-6-5-12-32(31)33)42(28-10-7-11-30(22-28)43(44)45)29-18-19-34-35-24-40-38(27-8-3-2-4-9-27)41-39(35)46-37(34)23-29/h2-24H,1H3. The number of aryl methyl sites for hydroxylation is 1. The summed E-state index contributed by atoms with van der Waals surface area (Å²) in [5, 5.41) is 15.6. The van der Waals surface area contributed by atoms with Crippen molar-refractivity contribution in [2.75, 3.05) is 4.90 Å². The van der Waals surface area contributed by atoms with Crippen LogP contribution in [0.15, 0.2) is 144 Å². The summed E-state index contributed by atoms with van der Waals surface area (Å²) < 4.78 is 6.33. The van der Waals surface area contributed by atoms with Crippen molar-refractivity contribution in [3.05, 3.63) is 155 Å². The number of hydrogen-bond donors (Lipinski definition) is 0. The zero-order chi connectivity index (χ0) is 31.2. The molecule has 0 unspecified atom stereocenters. The summed E-state index contributed by atoms with van der Waals surface area (Å²) in [5.41, 5.74) is 7.81. The SMILES string of the molecule is Cc1ccc(-c2ccc(N(c3cccc([N+](=O)[O-])c3)c3ccc4c(c3)oc3nc(-c5ccccc5)ncc34)c3ccccc23)cc1. The van der Waals surface area contributed by atoms with E-state index in [2.05, 4.69) is 60.4 Å². The van der Waals surface area contributed by atoms with Crippen molar-refractivity contribution in [1.29, 1.82) is 0 Å². The monoisotopic (exact) mass is 598 g/mol. The second kappa shape index (κ2) is 11.0. The highest BCUT2D eigenvalue weighted by Crippen LogP contribution is 2.44. The molecule has 0 spiro atoms. The molecule has 8 aromatic rings. The largest absolute Gasteiger partial charge is 0.437 e. The highest BCUT2D eigenvalue weighted by molar-refractivity contribution is 6.08. The van der Waals surface area contributed by atoms with Gasteiger partial charge in [0, 0.05) is 46.4 Å². The Kier molecular flexibility index (Phi) is 6.50. The summed E-state index contributed by atoms with van der Waals surface area (Å²) in [6.07, 6.45) is 1.80. The number of hydrogen-bond acceptors (Lipinski definition) is 6. The number of rotatable bonds is 6. The first kappa shape index (κ1) is 27.2. The van der Waals surface area contributed by atoms with Crippen molar-refractivity contribution in [1.82, 2.24) is 9.97 Å². The number of aromatic nitrogens is 2. The van der Waals surface area contributed by atoms with E-state index in [-0.39, 0.29) is 10.6 Å². The summed E-state index contributed by atoms with van der Waals surface area (Å²) in [6.45, 7) is 2.08. The number of nitrogens with zero attached hydrogens (tertiary/aromatic N) is 4. The summed E-state index contributed by atoms with van der Waals surface area (Å²) in [4.78, 5) is 22.9. The van der Waals surface area contributed by atoms with E-state index in [4.69, 9.17) is 9.40 Å². The number of nitro groups is 1. The Morgan fingerprint density at radius 2 is 1.43 bits per heavy atom. The van der Waals surface area contributed by atoms with E-state index < -0.39 is 0 Å². The van der Waals surface area contributed by atoms with Gasteiger partial charge in [-0.2, -0.15) is 4.98 Å². The normalized spacial score (nSPS) is 11.3. The molecular formula is C39H26N4O3. The smallest absolute Gasteiger partial charge is 0.271 e. The van der Waals surface area contributed by atoms with E-state index in [1.54, 1.807) is 18.3 Å². The van der Waals surface area contributed by atoms with Crippen LogP contribution in [0.5, 0.6) is 0 Å². The van der Waals surface area contributed by atoms with Crippen LogP contribution < -0.4 is 4.90 Å². The fourth-order valence-electron chi connectivity index (χ4n) is 6.05. The Hall–Kier alpha value is -6.34. The highest BCUT2D eigenvalue weighted by Gasteiger charge is 2.21. The molecule has 0 saturated heterocycles. The first-order chi connectivity index (χ1) is 22.5. The quantitative estimate of drug-likeness (QED) is 0.140. The lowest BCUT2D eigenvalue weighted by molar-refractivity contribution is -0.384. The molecule has 0 bridgehead atoms. The Morgan fingerprint density at radius 3 is 2.24 bits per heavy atom. The van der Waals surface area contributed by atoms with Crippen LogP contribution in [0.1, 0.15) is 5.56 Å². The van der Waals surface area contributed by atoms with Crippen molar-refractivity contribution in [3.63, 3.8) is 0 Å². The molecule has 2 heterocycles. The molecule has 2 aromatic heterocycles. The maximum Gasteiger partial charge on any atom is 0.271 e. The first-order valence-electron chi connectivity index (χ1n) is 14.9. The van der Waals surface area contributed by atoms with Gasteiger partial charge in [0.2, 0.25) is 5.71 Å². The molecule has 220 valence electrons. The fourth-order valence-corrected chi connectivity index (χ4v) is 6.05. The number of nitro benzene ring substituents is 1. The number of anilines is 3. The predicted octanol–water partition coefficient (Wildman–Crippen LogP) is 10.5. The van der Waals surface area contributed by atoms with E-state index >= 15 is 0 Å². The van der Waals surface area contributed by atoms with Crippen LogP contribution in [-0.2, 0) is 0 Å². The van der Waals surface area contributed by atoms with E-state index in [9.17, 15) is 10.1 Å². The molecule has 0 aliphatic heterocycles. The van der Waals surface area contributed by atoms with Crippen molar-refractivity contribution >= 4 is 55.6 Å². The van der Waals surface area contributed by atoms with Crippen molar-refractivity contribution in [3.8, 4) is 22.5 Å². The van der Waals surface area contributed by atoms with E-state index in [0.29, 0.717) is 22.8 Å². The van der Waals surface area contributed by atoms with Crippen molar-refractivity contribution in [2.45, 2.75) is 6.92 Å². The second-order valence-electron chi connectivity index (χ2n) is 11.2. The van der Waals surface area contributed by atoms with E-state index in [1.807, 2.05) is 71.6 Å². The minimum Gasteiger partial charge on any atom is -0.437 e. The molecule has 7 heteroatoms. The maximum absolute atomic E-state index is 11.8. The minimum absolute atomic E-state index is 0.0108. The van der Waals surface area contributed by atoms with Gasteiger partial charge >= 0.3 is 0 Å². The second-order valence-corrected chi connectivity index (χ2v) is 11.2. The zero-order valence-electron chi connectivity index (χ0n) is 24.8. The Bertz CT molecular complexity index is 2420. The van der Waals surface area contributed by atoms with Crippen LogP contribution in [0, 0.1) is 17.0 Å². The lowest BCUT2D eigenvalue weighted by Gasteiger charge is -2.27. The molecule has 6 aromatic carbocycles. The molecule has 0 amide bonds. The average Bonchev–Trinajstić information content (AvgIpc) is 3.46. The molecule has 7 nitrogen and oxygen atoms in total. The van der Waals surface area contributed by atoms with E-state index in [0.717, 1.165) is 49.6 Å². The van der Waals surface area contributed by atoms with Gasteiger partial charge in [-0.3, -0.25) is 10.1 Å². The molecular weight excluding hydrogens is 572 g/mol. The molecule has 0 aliphatic rings. The third-order valence-corrected chi connectivity index (χ3v) is 8.31. The maximum atomic E-state index is 11.8. The van der Waals surface area contributed by atoms with Gasteiger partial charge in [0.05, 0.1) is 21.7 Å². The van der Waals surface area contributed by atoms with Gasteiger partial charge in [-0.05, 0) is 47.7 Å². The van der Waals surface area contributed by atoms with Crippen LogP contribution in [0.4, 0.5) is 22.7 Å². The van der Waals surface area contributed by atoms with Gasteiger partial charge in [0.25, 0.3) is 5.69 Å². The zero-order valence-corrected chi connectivity index (χ0v) is 24.8. The Labute approximate surface area is 264 Å². The van der Waals surface area contributed by atoms with Crippen LogP contribution in [0.3, 0.4) is 0 Å². The topological polar surface area (TPSA) is 85.3 Å². The highest BCUT2D eigenvalue weighted by atomic mass is 16.6. The third kappa shape index (κ3) is 4.71. The van der Waals surface area contributed by atoms with Gasteiger partial charge in [0.15, 0.2) is 5.82 Å². The number of benzene rings is 6. The summed E-state index contributed by atoms with van der Waals surface area (Å²) in [5.74, 6) is 0.589. The predicted molar refractivity (Wildman–Crippen MR) is 184 cm³/mol. The third-order valence-electron chi connectivity index (χ3n) is 8.31. The average molecular weight is 599 g/mol. The molecule has 0 atom stereocenters. The molecule has 46 heavy (non-hydrogen) atoms. The van der Waals surface area contributed by atoms with Gasteiger partial charge in [-0.25, -0.2) is 4.98 Å². The van der Waals surface area contributed by atoms with Crippen LogP contribution in [-0.4, -0.2) is 14.9 Å². The molecule has 0 radical (unpaired) electrons. The van der Waals surface area contributed by atoms with Crippen molar-refractivity contribution < 1.29 is 9.34 Å². The molecule has 0 N–H and O–H groups in total. The van der Waals surface area contributed by atoms with E-state index in [1.165, 1.54) is 11.6 Å². The molecule has 8 rings (SSSR count). The van der Waals surface area contributed by atoms with Gasteiger partial charge < -0.3 is 9.32 Å². The van der Waals surface area contributed by atoms with Crippen LogP contribution in [0.2, 0.25) is 0 Å². The number of non-ortho nitro benzene ring substituents is 1. The fraction of sp³-hybridized carbons (Fsp3) is 0.0256. The minimum atomic E-state index is -0.369. The lowest BCUT2D eigenvalue weighted by atomic mass is 9.96. The lowest BCUT2D eigenvalue weighted by Crippen LogP contribution is -2.11. The first-order valence-corrected chi connectivity index (χ1v) is 14.9. The van der Waals surface area contributed by atoms with Gasteiger partial charge in [0.1, 0.15) is 5.58 Å². The van der Waals surface area contributed by atoms with Gasteiger partial charge in [-0.15, -0.1) is 0 Å². The molecule has 0 fully saturated rings. The van der Waals surface area contributed by atoms with Crippen LogP contribution in [0.25, 0.3) is 55.4 Å². The number of fused-ring (bicyclic) bond motifs is 4. The Balaban J connectivity index is 1.33. The van der Waals surface area contributed by atoms with Gasteiger partial charge in [-0.1, -0.05) is 96.6 Å². The van der Waals surface area contributed by atoms with Crippen molar-refractivity contribution in [2.24, 2.45) is 0 Å². The van der Waals surface area contributed by atoms with Crippen LogP contribution >= 0.6 is 0 Å².